The second kappa shape index (κ2) is 8.68. The van der Waals surface area contributed by atoms with Gasteiger partial charge in [0, 0.05) is 29.8 Å². The van der Waals surface area contributed by atoms with Crippen LogP contribution in [0.5, 0.6) is 5.75 Å². The molecule has 2 aromatic rings. The number of fused-ring (bicyclic) bond motifs is 1. The molecule has 0 spiro atoms. The van der Waals surface area contributed by atoms with Crippen molar-refractivity contribution in [2.45, 2.75) is 39.0 Å². The van der Waals surface area contributed by atoms with Crippen molar-refractivity contribution in [3.05, 3.63) is 54.1 Å². The summed E-state index contributed by atoms with van der Waals surface area (Å²) in [5.74, 6) is 1.06. The van der Waals surface area contributed by atoms with E-state index in [1.165, 1.54) is 5.56 Å². The molecule has 2 amide bonds. The summed E-state index contributed by atoms with van der Waals surface area (Å²) < 4.78 is 5.43. The first-order valence-electron chi connectivity index (χ1n) is 10.6. The molecule has 152 valence electrons. The molecule has 5 nitrogen and oxygen atoms in total. The van der Waals surface area contributed by atoms with Crippen LogP contribution in [0.25, 0.3) is 0 Å². The highest BCUT2D eigenvalue weighted by molar-refractivity contribution is 5.97. The Morgan fingerprint density at radius 1 is 1.00 bits per heavy atom. The number of hydrogen-bond acceptors (Lipinski definition) is 3. The Balaban J connectivity index is 1.30. The van der Waals surface area contributed by atoms with Gasteiger partial charge in [0.1, 0.15) is 5.75 Å². The van der Waals surface area contributed by atoms with Crippen molar-refractivity contribution in [1.82, 2.24) is 0 Å². The van der Waals surface area contributed by atoms with Crippen LogP contribution in [0.2, 0.25) is 0 Å². The topological polar surface area (TPSA) is 58.6 Å². The number of rotatable bonds is 5. The fourth-order valence-corrected chi connectivity index (χ4v) is 4.44. The maximum atomic E-state index is 13.0. The third-order valence-electron chi connectivity index (χ3n) is 6.03. The molecule has 2 aromatic carbocycles. The molecule has 1 saturated carbocycles. The highest BCUT2D eigenvalue weighted by atomic mass is 16.5. The Bertz CT molecular complexity index is 870. The summed E-state index contributed by atoms with van der Waals surface area (Å²) in [6, 6.07) is 15.6. The average molecular weight is 392 g/mol. The highest BCUT2D eigenvalue weighted by Crippen LogP contribution is 2.35. The van der Waals surface area contributed by atoms with E-state index in [1.54, 1.807) is 0 Å². The van der Waals surface area contributed by atoms with Gasteiger partial charge in [-0.05, 0) is 74.9 Å². The number of nitrogens with one attached hydrogen (secondary N) is 1. The summed E-state index contributed by atoms with van der Waals surface area (Å²) >= 11 is 0. The number of nitrogens with zero attached hydrogens (tertiary/aromatic N) is 1. The fraction of sp³-hybridized carbons (Fsp3) is 0.417. The van der Waals surface area contributed by atoms with Gasteiger partial charge in [0.15, 0.2) is 0 Å². The minimum absolute atomic E-state index is 0.0238. The van der Waals surface area contributed by atoms with Gasteiger partial charge >= 0.3 is 0 Å². The first kappa shape index (κ1) is 19.5. The molecule has 29 heavy (non-hydrogen) atoms. The molecule has 1 aliphatic heterocycles. The zero-order chi connectivity index (χ0) is 20.2. The summed E-state index contributed by atoms with van der Waals surface area (Å²) in [7, 11) is 0. The van der Waals surface area contributed by atoms with Crippen LogP contribution < -0.4 is 15.0 Å². The third-order valence-corrected chi connectivity index (χ3v) is 6.03. The van der Waals surface area contributed by atoms with E-state index in [2.05, 4.69) is 11.4 Å². The van der Waals surface area contributed by atoms with Crippen molar-refractivity contribution < 1.29 is 14.3 Å². The highest BCUT2D eigenvalue weighted by Gasteiger charge is 2.34. The Morgan fingerprint density at radius 3 is 2.41 bits per heavy atom. The van der Waals surface area contributed by atoms with Gasteiger partial charge in [-0.2, -0.15) is 0 Å². The van der Waals surface area contributed by atoms with E-state index in [0.717, 1.165) is 55.8 Å². The molecule has 5 heteroatoms. The number of hydrogen-bond donors (Lipinski definition) is 1. The molecule has 4 rings (SSSR count). The lowest BCUT2D eigenvalue weighted by Gasteiger charge is -2.30. The first-order chi connectivity index (χ1) is 14.2. The Hall–Kier alpha value is -2.82. The van der Waals surface area contributed by atoms with Crippen molar-refractivity contribution in [2.24, 2.45) is 11.8 Å². The molecular weight excluding hydrogens is 364 g/mol. The predicted molar refractivity (Wildman–Crippen MR) is 114 cm³/mol. The Labute approximate surface area is 172 Å². The average Bonchev–Trinajstić information content (AvgIpc) is 3.19. The molecule has 0 atom stereocenters. The lowest BCUT2D eigenvalue weighted by Crippen LogP contribution is -2.38. The Morgan fingerprint density at radius 2 is 1.69 bits per heavy atom. The first-order valence-corrected chi connectivity index (χ1v) is 10.6. The molecule has 2 aliphatic rings. The van der Waals surface area contributed by atoms with E-state index in [-0.39, 0.29) is 23.7 Å². The number of para-hydroxylation sites is 1. The van der Waals surface area contributed by atoms with Crippen LogP contribution in [-0.4, -0.2) is 25.0 Å². The van der Waals surface area contributed by atoms with E-state index >= 15 is 0 Å². The van der Waals surface area contributed by atoms with Crippen LogP contribution in [-0.2, 0) is 16.0 Å². The van der Waals surface area contributed by atoms with Crippen molar-refractivity contribution in [3.8, 4) is 5.75 Å². The van der Waals surface area contributed by atoms with Crippen LogP contribution in [0, 0.1) is 11.8 Å². The number of carbonyl (C=O) groups is 2. The summed E-state index contributed by atoms with van der Waals surface area (Å²) in [6.07, 6.45) is 4.00. The zero-order valence-corrected chi connectivity index (χ0v) is 16.9. The summed E-state index contributed by atoms with van der Waals surface area (Å²) in [5, 5.41) is 3.00. The van der Waals surface area contributed by atoms with Crippen LogP contribution in [0.15, 0.2) is 48.5 Å². The molecular formula is C24H28N2O3. The molecule has 1 heterocycles. The second-order valence-electron chi connectivity index (χ2n) is 7.86. The van der Waals surface area contributed by atoms with Gasteiger partial charge in [-0.15, -0.1) is 0 Å². The van der Waals surface area contributed by atoms with Crippen LogP contribution in [0.4, 0.5) is 11.4 Å². The SMILES string of the molecule is CCOc1ccc(NC(=O)C2CCC(C(=O)N3CCc4ccccc43)CC2)cc1. The van der Waals surface area contributed by atoms with E-state index in [4.69, 9.17) is 4.74 Å². The van der Waals surface area contributed by atoms with Gasteiger partial charge in [-0.1, -0.05) is 18.2 Å². The number of carbonyl (C=O) groups excluding carboxylic acids is 2. The molecule has 1 N–H and O–H groups in total. The molecule has 1 aliphatic carbocycles. The van der Waals surface area contributed by atoms with E-state index in [9.17, 15) is 9.59 Å². The van der Waals surface area contributed by atoms with E-state index in [1.807, 2.05) is 54.3 Å². The number of benzene rings is 2. The van der Waals surface area contributed by atoms with Gasteiger partial charge in [-0.3, -0.25) is 9.59 Å². The molecule has 0 radical (unpaired) electrons. The molecule has 1 fully saturated rings. The molecule has 0 bridgehead atoms. The molecule has 0 aromatic heterocycles. The standard InChI is InChI=1S/C24H28N2O3/c1-2-29-21-13-11-20(12-14-21)25-23(27)18-7-9-19(10-8-18)24(28)26-16-15-17-5-3-4-6-22(17)26/h3-6,11-14,18-19H,2,7-10,15-16H2,1H3,(H,25,27). The zero-order valence-electron chi connectivity index (χ0n) is 16.9. The third kappa shape index (κ3) is 4.29. The molecule has 0 unspecified atom stereocenters. The van der Waals surface area contributed by atoms with Crippen molar-refractivity contribution >= 4 is 23.2 Å². The van der Waals surface area contributed by atoms with Crippen molar-refractivity contribution in [2.75, 3.05) is 23.4 Å². The van der Waals surface area contributed by atoms with E-state index < -0.39 is 0 Å². The van der Waals surface area contributed by atoms with Crippen molar-refractivity contribution in [1.29, 1.82) is 0 Å². The van der Waals surface area contributed by atoms with Crippen LogP contribution >= 0.6 is 0 Å². The van der Waals surface area contributed by atoms with Gasteiger partial charge in [0.25, 0.3) is 0 Å². The van der Waals surface area contributed by atoms with Crippen LogP contribution in [0.1, 0.15) is 38.2 Å². The Kier molecular flexibility index (Phi) is 5.84. The van der Waals surface area contributed by atoms with Gasteiger partial charge in [0.05, 0.1) is 6.61 Å². The lowest BCUT2D eigenvalue weighted by atomic mass is 9.81. The monoisotopic (exact) mass is 392 g/mol. The second-order valence-corrected chi connectivity index (χ2v) is 7.86. The van der Waals surface area contributed by atoms with Gasteiger partial charge < -0.3 is 15.0 Å². The van der Waals surface area contributed by atoms with Crippen LogP contribution in [0.3, 0.4) is 0 Å². The number of amides is 2. The predicted octanol–water partition coefficient (Wildman–Crippen LogP) is 4.42. The van der Waals surface area contributed by atoms with Gasteiger partial charge in [0.2, 0.25) is 11.8 Å². The van der Waals surface area contributed by atoms with Crippen molar-refractivity contribution in [3.63, 3.8) is 0 Å². The largest absolute Gasteiger partial charge is 0.494 e. The number of anilines is 2. The van der Waals surface area contributed by atoms with Gasteiger partial charge in [-0.25, -0.2) is 0 Å². The quantitative estimate of drug-likeness (QED) is 0.819. The molecule has 0 saturated heterocycles. The summed E-state index contributed by atoms with van der Waals surface area (Å²) in [6.45, 7) is 3.34. The maximum Gasteiger partial charge on any atom is 0.230 e. The minimum Gasteiger partial charge on any atom is -0.494 e. The summed E-state index contributed by atoms with van der Waals surface area (Å²) in [5.41, 5.74) is 3.10. The minimum atomic E-state index is -0.0310. The smallest absolute Gasteiger partial charge is 0.230 e. The normalized spacial score (nSPS) is 20.8. The fourth-order valence-electron chi connectivity index (χ4n) is 4.44. The lowest BCUT2D eigenvalue weighted by molar-refractivity contribution is -0.126. The van der Waals surface area contributed by atoms with E-state index in [0.29, 0.717) is 6.61 Å². The summed E-state index contributed by atoms with van der Waals surface area (Å²) in [4.78, 5) is 27.6. The maximum absolute atomic E-state index is 13.0. The number of ether oxygens (including phenoxy) is 1.